The number of sulfonamides is 1. The molecule has 1 aromatic rings. The normalized spacial score (nSPS) is 26.7. The van der Waals surface area contributed by atoms with E-state index in [1.807, 2.05) is 6.92 Å². The molecule has 0 radical (unpaired) electrons. The van der Waals surface area contributed by atoms with E-state index in [0.717, 1.165) is 5.56 Å². The lowest BCUT2D eigenvalue weighted by molar-refractivity contribution is 0.549. The van der Waals surface area contributed by atoms with Crippen LogP contribution in [0.2, 0.25) is 0 Å². The van der Waals surface area contributed by atoms with Crippen molar-refractivity contribution in [3.63, 3.8) is 0 Å². The molecular formula is C12H17N3O3S2. The number of hydrazone groups is 1. The molecule has 6 nitrogen and oxygen atoms in total. The Kier molecular flexibility index (Phi) is 3.74. The maximum Gasteiger partial charge on any atom is 0.242 e. The first-order valence-electron chi connectivity index (χ1n) is 5.99. The molecule has 0 saturated heterocycles. The minimum Gasteiger partial charge on any atom is -0.233 e. The van der Waals surface area contributed by atoms with Crippen molar-refractivity contribution in [2.45, 2.75) is 30.5 Å². The van der Waals surface area contributed by atoms with Crippen LogP contribution in [0.5, 0.6) is 0 Å². The standard InChI is InChI=1S/C12H17N3O3S2/c1-9-5-7-11(8-6-9)20(17,18)14-12(3)10(2)13-15(4)19(12)16/h5-8,14H,1-4H3. The summed E-state index contributed by atoms with van der Waals surface area (Å²) >= 11 is 0. The fraction of sp³-hybridized carbons (Fsp3) is 0.417. The zero-order chi connectivity index (χ0) is 15.1. The van der Waals surface area contributed by atoms with Crippen LogP contribution in [-0.4, -0.2) is 34.7 Å². The van der Waals surface area contributed by atoms with Gasteiger partial charge >= 0.3 is 0 Å². The molecule has 0 amide bonds. The Morgan fingerprint density at radius 1 is 1.25 bits per heavy atom. The van der Waals surface area contributed by atoms with E-state index < -0.39 is 25.9 Å². The first-order chi connectivity index (χ1) is 9.17. The smallest absolute Gasteiger partial charge is 0.233 e. The molecule has 0 spiro atoms. The molecule has 1 aromatic carbocycles. The van der Waals surface area contributed by atoms with E-state index in [-0.39, 0.29) is 4.90 Å². The number of hydrogen-bond acceptors (Lipinski definition) is 4. The van der Waals surface area contributed by atoms with Crippen LogP contribution in [0.25, 0.3) is 0 Å². The predicted molar refractivity (Wildman–Crippen MR) is 78.9 cm³/mol. The fourth-order valence-electron chi connectivity index (χ4n) is 1.88. The topological polar surface area (TPSA) is 78.8 Å². The van der Waals surface area contributed by atoms with Crippen LogP contribution >= 0.6 is 0 Å². The Labute approximate surface area is 121 Å². The quantitative estimate of drug-likeness (QED) is 0.903. The highest BCUT2D eigenvalue weighted by molar-refractivity contribution is 7.91. The number of nitrogens with one attached hydrogen (secondary N) is 1. The van der Waals surface area contributed by atoms with Gasteiger partial charge in [-0.3, -0.25) is 0 Å². The Balaban J connectivity index is 2.36. The number of hydrogen-bond donors (Lipinski definition) is 1. The van der Waals surface area contributed by atoms with E-state index in [2.05, 4.69) is 9.82 Å². The Morgan fingerprint density at radius 2 is 1.80 bits per heavy atom. The Morgan fingerprint density at radius 3 is 2.25 bits per heavy atom. The highest BCUT2D eigenvalue weighted by Gasteiger charge is 2.46. The summed E-state index contributed by atoms with van der Waals surface area (Å²) in [4.78, 5) is -1.08. The zero-order valence-electron chi connectivity index (χ0n) is 11.7. The number of rotatable bonds is 3. The Bertz CT molecular complexity index is 682. The van der Waals surface area contributed by atoms with E-state index in [1.165, 1.54) is 16.5 Å². The SMILES string of the molecule is CC1=NN(C)S(=O)C1(C)NS(=O)(=O)c1ccc(C)cc1. The summed E-state index contributed by atoms with van der Waals surface area (Å²) in [7, 11) is -3.80. The van der Waals surface area contributed by atoms with Gasteiger partial charge in [0, 0.05) is 7.05 Å². The second kappa shape index (κ2) is 4.94. The summed E-state index contributed by atoms with van der Waals surface area (Å²) in [5, 5.41) is 4.04. The van der Waals surface area contributed by atoms with Crippen molar-refractivity contribution >= 4 is 26.7 Å². The second-order valence-corrected chi connectivity index (χ2v) is 8.38. The van der Waals surface area contributed by atoms with Crippen molar-refractivity contribution in [2.75, 3.05) is 7.05 Å². The highest BCUT2D eigenvalue weighted by atomic mass is 32.2. The first kappa shape index (κ1) is 15.1. The van der Waals surface area contributed by atoms with Gasteiger partial charge in [0.25, 0.3) is 0 Å². The third-order valence-corrected chi connectivity index (χ3v) is 6.59. The lowest BCUT2D eigenvalue weighted by Gasteiger charge is -2.24. The first-order valence-corrected chi connectivity index (χ1v) is 8.58. The van der Waals surface area contributed by atoms with E-state index in [1.54, 1.807) is 33.0 Å². The minimum absolute atomic E-state index is 0.142. The van der Waals surface area contributed by atoms with Crippen molar-refractivity contribution in [2.24, 2.45) is 5.10 Å². The maximum atomic E-state index is 12.4. The van der Waals surface area contributed by atoms with E-state index in [4.69, 9.17) is 0 Å². The number of aryl methyl sites for hydroxylation is 1. The molecule has 0 aromatic heterocycles. The molecule has 2 atom stereocenters. The Hall–Kier alpha value is -1.25. The molecule has 1 aliphatic heterocycles. The van der Waals surface area contributed by atoms with Crippen LogP contribution in [0.4, 0.5) is 0 Å². The molecule has 2 rings (SSSR count). The third-order valence-electron chi connectivity index (χ3n) is 3.23. The van der Waals surface area contributed by atoms with Gasteiger partial charge in [0.2, 0.25) is 10.0 Å². The molecule has 2 unspecified atom stereocenters. The monoisotopic (exact) mass is 315 g/mol. The van der Waals surface area contributed by atoms with Crippen molar-refractivity contribution in [1.29, 1.82) is 0 Å². The molecule has 1 N–H and O–H groups in total. The van der Waals surface area contributed by atoms with Gasteiger partial charge in [-0.1, -0.05) is 17.7 Å². The van der Waals surface area contributed by atoms with Crippen LogP contribution < -0.4 is 4.72 Å². The molecular weight excluding hydrogens is 298 g/mol. The second-order valence-electron chi connectivity index (χ2n) is 4.85. The average Bonchev–Trinajstić information content (AvgIpc) is 2.53. The summed E-state index contributed by atoms with van der Waals surface area (Å²) in [5.74, 6) is 0. The zero-order valence-corrected chi connectivity index (χ0v) is 13.4. The van der Waals surface area contributed by atoms with Gasteiger partial charge in [-0.05, 0) is 32.9 Å². The largest absolute Gasteiger partial charge is 0.242 e. The van der Waals surface area contributed by atoms with Crippen LogP contribution in [-0.2, 0) is 21.0 Å². The fourth-order valence-corrected chi connectivity index (χ4v) is 4.78. The van der Waals surface area contributed by atoms with Gasteiger partial charge in [0.15, 0.2) is 15.9 Å². The van der Waals surface area contributed by atoms with Crippen molar-refractivity contribution in [3.8, 4) is 0 Å². The van der Waals surface area contributed by atoms with Crippen LogP contribution in [0.15, 0.2) is 34.3 Å². The minimum atomic E-state index is -3.76. The van der Waals surface area contributed by atoms with E-state index >= 15 is 0 Å². The molecule has 0 aliphatic carbocycles. The van der Waals surface area contributed by atoms with Gasteiger partial charge < -0.3 is 0 Å². The van der Waals surface area contributed by atoms with Crippen LogP contribution in [0.3, 0.4) is 0 Å². The van der Waals surface area contributed by atoms with Crippen molar-refractivity contribution in [3.05, 3.63) is 29.8 Å². The molecule has 0 saturated carbocycles. The predicted octanol–water partition coefficient (Wildman–Crippen LogP) is 0.975. The van der Waals surface area contributed by atoms with Gasteiger partial charge in [-0.25, -0.2) is 17.0 Å². The number of benzene rings is 1. The van der Waals surface area contributed by atoms with E-state index in [0.29, 0.717) is 5.71 Å². The lowest BCUT2D eigenvalue weighted by Crippen LogP contribution is -2.53. The molecule has 1 heterocycles. The molecule has 110 valence electrons. The molecule has 8 heteroatoms. The van der Waals surface area contributed by atoms with Gasteiger partial charge in [0.1, 0.15) is 0 Å². The summed E-state index contributed by atoms with van der Waals surface area (Å²) in [6.45, 7) is 5.10. The number of nitrogens with zero attached hydrogens (tertiary/aromatic N) is 2. The summed E-state index contributed by atoms with van der Waals surface area (Å²) in [6.07, 6.45) is 0. The summed E-state index contributed by atoms with van der Waals surface area (Å²) in [6, 6.07) is 6.48. The van der Waals surface area contributed by atoms with Gasteiger partial charge in [0.05, 0.1) is 10.6 Å². The van der Waals surface area contributed by atoms with Gasteiger partial charge in [-0.2, -0.15) is 9.82 Å². The van der Waals surface area contributed by atoms with E-state index in [9.17, 15) is 12.6 Å². The van der Waals surface area contributed by atoms with Crippen molar-refractivity contribution < 1.29 is 12.6 Å². The summed E-state index contributed by atoms with van der Waals surface area (Å²) in [5.41, 5.74) is 1.44. The molecule has 20 heavy (non-hydrogen) atoms. The average molecular weight is 315 g/mol. The summed E-state index contributed by atoms with van der Waals surface area (Å²) < 4.78 is 40.7. The van der Waals surface area contributed by atoms with Gasteiger partial charge in [-0.15, -0.1) is 0 Å². The lowest BCUT2D eigenvalue weighted by atomic mass is 10.2. The van der Waals surface area contributed by atoms with Crippen LogP contribution in [0.1, 0.15) is 19.4 Å². The van der Waals surface area contributed by atoms with Crippen LogP contribution in [0, 0.1) is 6.92 Å². The third kappa shape index (κ3) is 2.50. The maximum absolute atomic E-state index is 12.4. The molecule has 0 bridgehead atoms. The molecule has 1 aliphatic rings. The van der Waals surface area contributed by atoms with Crippen molar-refractivity contribution in [1.82, 2.24) is 9.14 Å². The molecule has 0 fully saturated rings. The highest BCUT2D eigenvalue weighted by Crippen LogP contribution is 2.25.